The summed E-state index contributed by atoms with van der Waals surface area (Å²) < 4.78 is 15.7. The molecule has 2 aliphatic heterocycles. The molecule has 8 atom stereocenters. The molecule has 2 aromatic heterocycles. The van der Waals surface area contributed by atoms with Gasteiger partial charge in [-0.1, -0.05) is 73.8 Å². The molecule has 0 saturated carbocycles. The van der Waals surface area contributed by atoms with E-state index < -0.39 is 30.2 Å². The number of carbonyl (C=O) groups excluding carboxylic acids is 4. The molecule has 6 unspecified atom stereocenters. The third-order valence-electron chi connectivity index (χ3n) is 12.5. The number of carbonyl (C=O) groups is 4. The van der Waals surface area contributed by atoms with Gasteiger partial charge in [-0.2, -0.15) is 5.10 Å². The van der Waals surface area contributed by atoms with Crippen LogP contribution in [0, 0.1) is 35.5 Å². The molecule has 4 heterocycles. The number of tetrazole rings is 1. The van der Waals surface area contributed by atoms with Crippen molar-refractivity contribution in [3.05, 3.63) is 67.0 Å². The number of benzene rings is 2. The second-order valence-corrected chi connectivity index (χ2v) is 19.2. The first-order valence-corrected chi connectivity index (χ1v) is 25.0. The van der Waals surface area contributed by atoms with Gasteiger partial charge < -0.3 is 29.9 Å². The second-order valence-electron chi connectivity index (χ2n) is 17.1. The van der Waals surface area contributed by atoms with Gasteiger partial charge in [0, 0.05) is 35.2 Å². The number of amides is 3. The van der Waals surface area contributed by atoms with Crippen LogP contribution in [0.4, 0.5) is 0 Å². The summed E-state index contributed by atoms with van der Waals surface area (Å²) in [5, 5.41) is 24.2. The predicted molar refractivity (Wildman–Crippen MR) is 258 cm³/mol. The Hall–Kier alpha value is -5.57. The van der Waals surface area contributed by atoms with Crippen LogP contribution in [0.15, 0.2) is 87.1 Å². The molecular formula is C49H63N11O6S2. The van der Waals surface area contributed by atoms with Crippen molar-refractivity contribution in [1.82, 2.24) is 55.4 Å². The van der Waals surface area contributed by atoms with Gasteiger partial charge in [0.1, 0.15) is 31.4 Å². The highest BCUT2D eigenvalue weighted by atomic mass is 32.2. The molecular weight excluding hydrogens is 903 g/mol. The monoisotopic (exact) mass is 965 g/mol. The average molecular weight is 966 g/mol. The van der Waals surface area contributed by atoms with Gasteiger partial charge in [0.15, 0.2) is 5.16 Å². The van der Waals surface area contributed by atoms with Gasteiger partial charge in [0.2, 0.25) is 22.9 Å². The second kappa shape index (κ2) is 26.3. The standard InChI is InChI=1S/C49H63N11O6S2/c1-7-34(2)45(62)53-44(47(64)58-27-19-20-38(58)31-59-48(51-33-52-59)67-40-22-12-10-13-23-40)37(5)66-29-17-9-8-16-28-65-36(4)42(30-43(61)35(3)50-6)46(63)57-26-18-21-39(57)32-60-49(54-55-56-60)68-41-24-14-11-15-25-41/h10-15,22-25,33-39,42,44,50H,7,18-21,26-32H2,1-6H3,(H,53,62)/t34-,35+,36?,37?,38?,39?,42?,44?/m1/s1. The van der Waals surface area contributed by atoms with E-state index in [0.29, 0.717) is 37.8 Å². The number of hydrogen-bond acceptors (Lipinski definition) is 14. The van der Waals surface area contributed by atoms with Gasteiger partial charge in [-0.25, -0.2) is 14.3 Å². The Balaban J connectivity index is 1.04. The molecule has 2 N–H and O–H groups in total. The maximum absolute atomic E-state index is 14.3. The normalized spacial score (nSPS) is 18.3. The molecule has 17 nitrogen and oxygen atoms in total. The first-order valence-electron chi connectivity index (χ1n) is 23.4. The van der Waals surface area contributed by atoms with Crippen LogP contribution < -0.4 is 10.6 Å². The molecule has 6 rings (SSSR count). The minimum atomic E-state index is -0.932. The summed E-state index contributed by atoms with van der Waals surface area (Å²) in [7, 11) is 1.72. The van der Waals surface area contributed by atoms with Crippen molar-refractivity contribution in [2.24, 2.45) is 11.8 Å². The summed E-state index contributed by atoms with van der Waals surface area (Å²) in [6.45, 7) is 11.0. The summed E-state index contributed by atoms with van der Waals surface area (Å²) >= 11 is 2.97. The van der Waals surface area contributed by atoms with Gasteiger partial charge in [0.25, 0.3) is 0 Å². The molecule has 0 radical (unpaired) electrons. The quantitative estimate of drug-likeness (QED) is 0.0966. The minimum absolute atomic E-state index is 0.00433. The fraction of sp³-hybridized carbons (Fsp3) is 0.531. The van der Waals surface area contributed by atoms with Crippen LogP contribution in [0.3, 0.4) is 0 Å². The van der Waals surface area contributed by atoms with E-state index >= 15 is 0 Å². The van der Waals surface area contributed by atoms with Gasteiger partial charge >= 0.3 is 0 Å². The molecule has 19 heteroatoms. The Morgan fingerprint density at radius 1 is 0.779 bits per heavy atom. The molecule has 3 amide bonds. The molecule has 2 aliphatic rings. The SMILES string of the molecule is CC[C@@H](C)C(=O)NC(C(=O)N1CCCC1Cn1ncnc1Sc1ccccc1)C(C)OCC#CC#CCOC(C)C(CC(=O)[C@H](C)NC)C(=O)N1CCCC1Cn1nnnc1Sc1ccccc1. The van der Waals surface area contributed by atoms with Crippen LogP contribution in [-0.4, -0.2) is 138 Å². The fourth-order valence-corrected chi connectivity index (χ4v) is 9.67. The lowest BCUT2D eigenvalue weighted by Gasteiger charge is -2.32. The first-order chi connectivity index (χ1) is 33.0. The zero-order valence-electron chi connectivity index (χ0n) is 39.7. The van der Waals surface area contributed by atoms with E-state index in [1.165, 1.54) is 29.9 Å². The van der Waals surface area contributed by atoms with Crippen molar-refractivity contribution in [2.75, 3.05) is 33.4 Å². The fourth-order valence-electron chi connectivity index (χ4n) is 8.04. The van der Waals surface area contributed by atoms with Crippen LogP contribution in [0.2, 0.25) is 0 Å². The zero-order valence-corrected chi connectivity index (χ0v) is 41.4. The Morgan fingerprint density at radius 3 is 1.96 bits per heavy atom. The van der Waals surface area contributed by atoms with E-state index in [4.69, 9.17) is 9.47 Å². The maximum Gasteiger partial charge on any atom is 0.248 e. The van der Waals surface area contributed by atoms with Gasteiger partial charge in [-0.05, 0) is 118 Å². The molecule has 68 heavy (non-hydrogen) atoms. The number of nitrogens with zero attached hydrogens (tertiary/aromatic N) is 9. The molecule has 2 aromatic carbocycles. The number of likely N-dealkylation sites (tertiary alicyclic amines) is 2. The minimum Gasteiger partial charge on any atom is -0.365 e. The van der Waals surface area contributed by atoms with Gasteiger partial charge in [-0.3, -0.25) is 19.2 Å². The third-order valence-corrected chi connectivity index (χ3v) is 14.5. The smallest absolute Gasteiger partial charge is 0.248 e. The first kappa shape index (κ1) is 51.8. The molecule has 4 aromatic rings. The Labute approximate surface area is 408 Å². The summed E-state index contributed by atoms with van der Waals surface area (Å²) in [5.41, 5.74) is 0. The van der Waals surface area contributed by atoms with Crippen molar-refractivity contribution in [2.45, 2.75) is 143 Å². The predicted octanol–water partition coefficient (Wildman–Crippen LogP) is 4.78. The summed E-state index contributed by atoms with van der Waals surface area (Å²) in [4.78, 5) is 65.2. The largest absolute Gasteiger partial charge is 0.365 e. The van der Waals surface area contributed by atoms with Gasteiger partial charge in [0.05, 0.1) is 49.3 Å². The van der Waals surface area contributed by atoms with Crippen LogP contribution in [0.5, 0.6) is 0 Å². The highest BCUT2D eigenvalue weighted by Crippen LogP contribution is 2.30. The van der Waals surface area contributed by atoms with Crippen molar-refractivity contribution < 1.29 is 28.7 Å². The summed E-state index contributed by atoms with van der Waals surface area (Å²) in [5.74, 6) is 9.66. The van der Waals surface area contributed by atoms with Crippen molar-refractivity contribution in [3.63, 3.8) is 0 Å². The number of Topliss-reactive ketones (excluding diaryl/α,β-unsaturated/α-hetero) is 1. The number of nitrogens with one attached hydrogen (secondary N) is 2. The Kier molecular flexibility index (Phi) is 20.0. The van der Waals surface area contributed by atoms with E-state index in [0.717, 1.165) is 40.6 Å². The van der Waals surface area contributed by atoms with Gasteiger partial charge in [-0.15, -0.1) is 5.10 Å². The third kappa shape index (κ3) is 14.5. The summed E-state index contributed by atoms with van der Waals surface area (Å²) in [6, 6.07) is 18.1. The van der Waals surface area contributed by atoms with E-state index in [-0.39, 0.29) is 61.1 Å². The number of ketones is 1. The molecule has 0 bridgehead atoms. The lowest BCUT2D eigenvalue weighted by Crippen LogP contribution is -2.56. The van der Waals surface area contributed by atoms with Crippen LogP contribution >= 0.6 is 23.5 Å². The van der Waals surface area contributed by atoms with Crippen molar-refractivity contribution in [1.29, 1.82) is 0 Å². The number of aromatic nitrogens is 7. The van der Waals surface area contributed by atoms with E-state index in [1.54, 1.807) is 32.5 Å². The lowest BCUT2D eigenvalue weighted by molar-refractivity contribution is -0.144. The van der Waals surface area contributed by atoms with Crippen LogP contribution in [-0.2, 0) is 41.7 Å². The highest BCUT2D eigenvalue weighted by molar-refractivity contribution is 7.99. The number of likely N-dealkylation sites (N-methyl/N-ethyl adjacent to an activating group) is 1. The van der Waals surface area contributed by atoms with Crippen molar-refractivity contribution >= 4 is 47.0 Å². The van der Waals surface area contributed by atoms with E-state index in [1.807, 2.05) is 89.0 Å². The number of rotatable bonds is 23. The molecule has 0 aliphatic carbocycles. The Bertz CT molecular complexity index is 2230. The zero-order chi connectivity index (χ0) is 48.4. The molecule has 362 valence electrons. The lowest BCUT2D eigenvalue weighted by atomic mass is 9.92. The number of hydrogen-bond donors (Lipinski definition) is 2. The van der Waals surface area contributed by atoms with E-state index in [2.05, 4.69) is 59.9 Å². The molecule has 2 saturated heterocycles. The highest BCUT2D eigenvalue weighted by Gasteiger charge is 2.40. The maximum atomic E-state index is 14.3. The summed E-state index contributed by atoms with van der Waals surface area (Å²) in [6.07, 6.45) is 4.04. The van der Waals surface area contributed by atoms with E-state index in [9.17, 15) is 19.2 Å². The molecule has 0 spiro atoms. The number of ether oxygens (including phenoxy) is 2. The van der Waals surface area contributed by atoms with Crippen molar-refractivity contribution in [3.8, 4) is 23.7 Å². The average Bonchev–Trinajstić information content (AvgIpc) is 4.20. The topological polar surface area (TPSA) is 192 Å². The van der Waals surface area contributed by atoms with Crippen LogP contribution in [0.1, 0.15) is 73.1 Å². The Morgan fingerprint density at radius 2 is 1.35 bits per heavy atom. The molecule has 2 fully saturated rings. The van der Waals surface area contributed by atoms with Crippen LogP contribution in [0.25, 0.3) is 0 Å².